The third-order valence-electron chi connectivity index (χ3n) is 12.7. The minimum atomic E-state index is -0.744. The summed E-state index contributed by atoms with van der Waals surface area (Å²) >= 11 is 0. The number of hydrazine groups is 1. The van der Waals surface area contributed by atoms with Crippen LogP contribution < -0.4 is 21.0 Å². The zero-order valence-corrected chi connectivity index (χ0v) is 33.7. The Morgan fingerprint density at radius 1 is 0.982 bits per heavy atom. The van der Waals surface area contributed by atoms with Gasteiger partial charge in [-0.05, 0) is 87.7 Å². The highest BCUT2D eigenvalue weighted by molar-refractivity contribution is 5.95. The van der Waals surface area contributed by atoms with Gasteiger partial charge in [-0.3, -0.25) is 24.5 Å². The molecule has 0 radical (unpaired) electrons. The van der Waals surface area contributed by atoms with Crippen molar-refractivity contribution in [3.8, 4) is 11.3 Å². The maximum absolute atomic E-state index is 13.6. The number of piperidine rings is 1. The number of fused-ring (bicyclic) bond motifs is 7. The molecule has 5 aliphatic rings. The number of hydrogen-bond donors (Lipinski definition) is 2. The number of nitrogens with two attached hydrogens (primary N) is 1. The van der Waals surface area contributed by atoms with Gasteiger partial charge in [0.2, 0.25) is 0 Å². The molecular weight excluding hydrogens is 693 g/mol. The molecule has 7 heterocycles. The highest BCUT2D eigenvalue weighted by Gasteiger charge is 2.36. The number of rotatable bonds is 4. The standard InChI is InChI=1S/C43H62N8O4/c1-6-50-38-13-12-29-20-33(38)35(40(50)34-21-31(24-45-39(34)28(2)3)48-17-16-47-14-8-7-10-30(47)25-48)23-43(4,5)27-55-42(53)37-11-9-15-51(46-37)41(52)36(44)22-32-26-49(29)18-19-54-32/h12-13,20-21,24,28,30,32,36-37,46H,6-11,14-19,22-23,25-27,44H2,1-5H3/t30-,32+,36+,37+/m1/s1. The molecule has 55 heavy (non-hydrogen) atoms. The Bertz CT molecular complexity index is 1890. The zero-order valence-electron chi connectivity index (χ0n) is 33.7. The molecule has 3 aromatic rings. The summed E-state index contributed by atoms with van der Waals surface area (Å²) in [6.45, 7) is 19.0. The lowest BCUT2D eigenvalue weighted by Crippen LogP contribution is -2.59. The Morgan fingerprint density at radius 2 is 1.82 bits per heavy atom. The number of morpholine rings is 1. The van der Waals surface area contributed by atoms with Gasteiger partial charge in [-0.15, -0.1) is 0 Å². The van der Waals surface area contributed by atoms with Crippen molar-refractivity contribution in [3.63, 3.8) is 0 Å². The molecule has 4 saturated heterocycles. The minimum Gasteiger partial charge on any atom is -0.464 e. The van der Waals surface area contributed by atoms with Crippen LogP contribution in [-0.4, -0.2) is 115 Å². The average Bonchev–Trinajstić information content (AvgIpc) is 3.50. The van der Waals surface area contributed by atoms with E-state index in [1.54, 1.807) is 0 Å². The van der Waals surface area contributed by atoms with E-state index in [4.69, 9.17) is 20.2 Å². The van der Waals surface area contributed by atoms with Crippen LogP contribution in [0.4, 0.5) is 11.4 Å². The maximum atomic E-state index is 13.6. The molecule has 0 spiro atoms. The summed E-state index contributed by atoms with van der Waals surface area (Å²) in [4.78, 5) is 40.0. The summed E-state index contributed by atoms with van der Waals surface area (Å²) in [5, 5.41) is 2.74. The third-order valence-corrected chi connectivity index (χ3v) is 12.7. The highest BCUT2D eigenvalue weighted by Crippen LogP contribution is 2.43. The second-order valence-electron chi connectivity index (χ2n) is 17.7. The fourth-order valence-electron chi connectivity index (χ4n) is 9.79. The molecule has 2 aromatic heterocycles. The van der Waals surface area contributed by atoms with E-state index in [-0.39, 0.29) is 30.5 Å². The summed E-state index contributed by atoms with van der Waals surface area (Å²) in [5.41, 5.74) is 17.6. The summed E-state index contributed by atoms with van der Waals surface area (Å²) in [7, 11) is 0. The van der Waals surface area contributed by atoms with Crippen LogP contribution in [0.1, 0.15) is 90.3 Å². The van der Waals surface area contributed by atoms with Crippen molar-refractivity contribution >= 4 is 34.2 Å². The first-order valence-corrected chi connectivity index (χ1v) is 21.0. The van der Waals surface area contributed by atoms with E-state index < -0.39 is 17.5 Å². The predicted molar refractivity (Wildman–Crippen MR) is 217 cm³/mol. The number of esters is 1. The lowest BCUT2D eigenvalue weighted by atomic mass is 9.84. The quantitative estimate of drug-likeness (QED) is 0.350. The van der Waals surface area contributed by atoms with Crippen molar-refractivity contribution in [2.24, 2.45) is 11.1 Å². The molecule has 6 bridgehead atoms. The van der Waals surface area contributed by atoms with Crippen LogP contribution in [0.2, 0.25) is 0 Å². The van der Waals surface area contributed by atoms with Crippen LogP contribution in [0, 0.1) is 5.41 Å². The lowest BCUT2D eigenvalue weighted by Gasteiger charge is -2.45. The van der Waals surface area contributed by atoms with Gasteiger partial charge in [0.15, 0.2) is 0 Å². The lowest BCUT2D eigenvalue weighted by molar-refractivity contribution is -0.155. The van der Waals surface area contributed by atoms with Crippen molar-refractivity contribution in [2.45, 2.75) is 116 Å². The Morgan fingerprint density at radius 3 is 2.64 bits per heavy atom. The van der Waals surface area contributed by atoms with Crippen LogP contribution in [-0.2, 0) is 32.0 Å². The number of aryl methyl sites for hydroxylation is 1. The Hall–Kier alpha value is -3.71. The van der Waals surface area contributed by atoms with Gasteiger partial charge >= 0.3 is 5.97 Å². The molecular formula is C43H62N8O4. The van der Waals surface area contributed by atoms with Crippen LogP contribution in [0.3, 0.4) is 0 Å². The number of carbonyl (C=O) groups excluding carboxylic acids is 2. The molecule has 8 rings (SSSR count). The first-order chi connectivity index (χ1) is 26.5. The monoisotopic (exact) mass is 754 g/mol. The molecule has 5 aliphatic heterocycles. The van der Waals surface area contributed by atoms with Crippen molar-refractivity contribution in [1.29, 1.82) is 0 Å². The first-order valence-electron chi connectivity index (χ1n) is 21.0. The fourth-order valence-corrected chi connectivity index (χ4v) is 9.79. The van der Waals surface area contributed by atoms with Gasteiger partial charge in [0.25, 0.3) is 5.91 Å². The van der Waals surface area contributed by atoms with Gasteiger partial charge in [-0.2, -0.15) is 0 Å². The number of pyridine rings is 1. The van der Waals surface area contributed by atoms with E-state index in [1.165, 1.54) is 64.2 Å². The molecule has 1 amide bonds. The molecule has 4 fully saturated rings. The highest BCUT2D eigenvalue weighted by atomic mass is 16.5. The van der Waals surface area contributed by atoms with Crippen LogP contribution in [0.25, 0.3) is 22.2 Å². The maximum Gasteiger partial charge on any atom is 0.324 e. The molecule has 12 heteroatoms. The number of nitrogens with zero attached hydrogens (tertiary/aromatic N) is 6. The number of nitrogens with one attached hydrogen (secondary N) is 1. The molecule has 4 atom stereocenters. The molecule has 1 aromatic carbocycles. The van der Waals surface area contributed by atoms with Gasteiger partial charge in [-0.1, -0.05) is 34.1 Å². The van der Waals surface area contributed by atoms with E-state index in [0.717, 1.165) is 44.1 Å². The van der Waals surface area contributed by atoms with E-state index in [9.17, 15) is 9.59 Å². The van der Waals surface area contributed by atoms with Gasteiger partial charge in [0, 0.05) is 79.4 Å². The van der Waals surface area contributed by atoms with Crippen molar-refractivity contribution in [2.75, 3.05) is 68.8 Å². The summed E-state index contributed by atoms with van der Waals surface area (Å²) in [5.74, 6) is -0.318. The van der Waals surface area contributed by atoms with Crippen LogP contribution in [0.15, 0.2) is 30.5 Å². The van der Waals surface area contributed by atoms with Gasteiger partial charge < -0.3 is 29.6 Å². The summed E-state index contributed by atoms with van der Waals surface area (Å²) < 4.78 is 14.8. The van der Waals surface area contributed by atoms with Crippen molar-refractivity contribution in [3.05, 3.63) is 41.7 Å². The number of amides is 1. The molecule has 3 N–H and O–H groups in total. The summed E-state index contributed by atoms with van der Waals surface area (Å²) in [6, 6.07) is 8.56. The summed E-state index contributed by atoms with van der Waals surface area (Å²) in [6.07, 6.45) is 8.21. The Labute approximate surface area is 326 Å². The van der Waals surface area contributed by atoms with E-state index in [2.05, 4.69) is 89.8 Å². The number of piperazine rings is 1. The molecule has 12 nitrogen and oxygen atoms in total. The smallest absolute Gasteiger partial charge is 0.324 e. The third kappa shape index (κ3) is 7.72. The van der Waals surface area contributed by atoms with Crippen molar-refractivity contribution in [1.82, 2.24) is 24.9 Å². The topological polar surface area (TPSA) is 121 Å². The number of aromatic nitrogens is 2. The van der Waals surface area contributed by atoms with Crippen LogP contribution >= 0.6 is 0 Å². The average molecular weight is 755 g/mol. The minimum absolute atomic E-state index is 0.195. The zero-order chi connectivity index (χ0) is 38.4. The Kier molecular flexibility index (Phi) is 10.9. The number of anilines is 2. The van der Waals surface area contributed by atoms with Crippen LogP contribution in [0.5, 0.6) is 0 Å². The number of ether oxygens (including phenoxy) is 2. The number of hydrogen-bond acceptors (Lipinski definition) is 10. The molecule has 0 unspecified atom stereocenters. The fraction of sp³-hybridized carbons (Fsp3) is 0.651. The number of benzene rings is 1. The second kappa shape index (κ2) is 15.7. The van der Waals surface area contributed by atoms with Crippen molar-refractivity contribution < 1.29 is 19.1 Å². The first kappa shape index (κ1) is 38.2. The molecule has 0 aliphatic carbocycles. The van der Waals surface area contributed by atoms with E-state index in [0.29, 0.717) is 51.4 Å². The Balaban J connectivity index is 1.24. The van der Waals surface area contributed by atoms with E-state index in [1.807, 2.05) is 0 Å². The SMILES string of the molecule is CCn1c(-c2cc(N3CCN4CCCC[C@@H]4C3)cnc2C(C)C)c2c3cc(ccc31)N1CCO[C@@H](C[C@H](N)C(=O)N3CCC[C@H](N3)C(=O)OCC(C)(C)C2)C1. The molecule has 0 saturated carbocycles. The van der Waals surface area contributed by atoms with Gasteiger partial charge in [-0.25, -0.2) is 5.43 Å². The van der Waals surface area contributed by atoms with E-state index >= 15 is 0 Å². The van der Waals surface area contributed by atoms with Gasteiger partial charge in [0.05, 0.1) is 48.6 Å². The largest absolute Gasteiger partial charge is 0.464 e. The molecule has 298 valence electrons. The predicted octanol–water partition coefficient (Wildman–Crippen LogP) is 5.06. The number of carbonyl (C=O) groups is 2. The number of cyclic esters (lactones) is 1. The second-order valence-corrected chi connectivity index (χ2v) is 17.7. The van der Waals surface area contributed by atoms with Gasteiger partial charge in [0.1, 0.15) is 6.04 Å². The normalized spacial score (nSPS) is 26.9.